The van der Waals surface area contributed by atoms with Crippen LogP contribution in [0.15, 0.2) is 43.1 Å². The predicted octanol–water partition coefficient (Wildman–Crippen LogP) is 3.99. The molecule has 1 saturated heterocycles. The van der Waals surface area contributed by atoms with Crippen molar-refractivity contribution < 1.29 is 27.9 Å². The number of carbonyl (C=O) groups is 2. The van der Waals surface area contributed by atoms with Crippen molar-refractivity contribution in [1.82, 2.24) is 29.7 Å². The molecule has 216 valence electrons. The number of aromatic nitrogens is 6. The van der Waals surface area contributed by atoms with Crippen molar-refractivity contribution in [3.05, 3.63) is 76.5 Å². The molecule has 2 N–H and O–H groups in total. The third-order valence-electron chi connectivity index (χ3n) is 7.37. The van der Waals surface area contributed by atoms with Gasteiger partial charge < -0.3 is 10.4 Å². The number of nitrogens with one attached hydrogen (secondary N) is 1. The lowest BCUT2D eigenvalue weighted by molar-refractivity contribution is -0.118. The van der Waals surface area contributed by atoms with Crippen LogP contribution in [-0.4, -0.2) is 59.8 Å². The van der Waals surface area contributed by atoms with Crippen LogP contribution in [0.3, 0.4) is 0 Å². The number of carbonyl (C=O) groups excluding carboxylic acids is 2. The van der Waals surface area contributed by atoms with E-state index < -0.39 is 35.3 Å². The Morgan fingerprint density at radius 2 is 2.00 bits per heavy atom. The van der Waals surface area contributed by atoms with E-state index in [9.17, 15) is 27.9 Å². The average molecular weight is 599 g/mol. The molecule has 15 heteroatoms. The molecule has 1 aliphatic heterocycles. The van der Waals surface area contributed by atoms with Crippen molar-refractivity contribution in [3.8, 4) is 11.3 Å². The molecule has 1 saturated carbocycles. The minimum atomic E-state index is -3.02. The molecule has 2 fully saturated rings. The number of halogens is 4. The summed E-state index contributed by atoms with van der Waals surface area (Å²) in [5.41, 5.74) is -0.408. The van der Waals surface area contributed by atoms with Gasteiger partial charge in [-0.25, -0.2) is 28.1 Å². The minimum Gasteiger partial charge on any atom is -0.394 e. The number of anilines is 2. The summed E-state index contributed by atoms with van der Waals surface area (Å²) < 4.78 is 43.2. The zero-order chi connectivity index (χ0) is 29.7. The smallest absolute Gasteiger partial charge is 0.275 e. The molecular weight excluding hydrogens is 577 g/mol. The fourth-order valence-electron chi connectivity index (χ4n) is 5.07. The highest BCUT2D eigenvalue weighted by Gasteiger charge is 2.53. The van der Waals surface area contributed by atoms with Gasteiger partial charge in [-0.3, -0.25) is 24.2 Å². The summed E-state index contributed by atoms with van der Waals surface area (Å²) in [4.78, 5) is 43.7. The van der Waals surface area contributed by atoms with Crippen LogP contribution in [0.1, 0.15) is 46.2 Å². The summed E-state index contributed by atoms with van der Waals surface area (Å²) >= 11 is 5.80. The van der Waals surface area contributed by atoms with E-state index in [2.05, 4.69) is 30.4 Å². The molecule has 0 bridgehead atoms. The number of piperidine rings is 1. The van der Waals surface area contributed by atoms with Crippen molar-refractivity contribution in [2.75, 3.05) is 23.4 Å². The van der Waals surface area contributed by atoms with Gasteiger partial charge in [-0.05, 0) is 25.3 Å². The maximum atomic E-state index is 14.7. The SMILES string of the molecule is Cc1nc(N2C[C@@H]3C[C@@H]3C2=O)ncc1[C@@H](CO)n1cc(NC(=O)c2cncc(-c3c(C(F)F)ccc(Cl)c3F)n2)cn1. The summed E-state index contributed by atoms with van der Waals surface area (Å²) in [7, 11) is 0. The monoisotopic (exact) mass is 598 g/mol. The lowest BCUT2D eigenvalue weighted by atomic mass is 10.0. The first-order chi connectivity index (χ1) is 20.2. The molecule has 11 nitrogen and oxygen atoms in total. The molecule has 4 aromatic rings. The highest BCUT2D eigenvalue weighted by molar-refractivity contribution is 6.31. The van der Waals surface area contributed by atoms with Gasteiger partial charge in [0.25, 0.3) is 12.3 Å². The molecule has 0 spiro atoms. The van der Waals surface area contributed by atoms with Gasteiger partial charge in [-0.2, -0.15) is 5.10 Å². The van der Waals surface area contributed by atoms with Gasteiger partial charge in [0, 0.05) is 47.2 Å². The third-order valence-corrected chi connectivity index (χ3v) is 7.66. The number of hydrogen-bond acceptors (Lipinski definition) is 8. The van der Waals surface area contributed by atoms with Crippen LogP contribution in [0.2, 0.25) is 5.02 Å². The average Bonchev–Trinajstić information content (AvgIpc) is 3.48. The largest absolute Gasteiger partial charge is 0.394 e. The highest BCUT2D eigenvalue weighted by Crippen LogP contribution is 2.46. The maximum absolute atomic E-state index is 14.7. The van der Waals surface area contributed by atoms with Gasteiger partial charge >= 0.3 is 0 Å². The van der Waals surface area contributed by atoms with Gasteiger partial charge in [-0.15, -0.1) is 0 Å². The van der Waals surface area contributed by atoms with Crippen LogP contribution in [0.25, 0.3) is 11.3 Å². The van der Waals surface area contributed by atoms with Gasteiger partial charge in [0.15, 0.2) is 5.82 Å². The Labute approximate surface area is 241 Å². The molecule has 3 atom stereocenters. The summed E-state index contributed by atoms with van der Waals surface area (Å²) in [6.45, 7) is 1.98. The first-order valence-corrected chi connectivity index (χ1v) is 13.2. The molecular formula is C27H22ClF3N8O3. The minimum absolute atomic E-state index is 0.0284. The van der Waals surface area contributed by atoms with E-state index >= 15 is 0 Å². The van der Waals surface area contributed by atoms with Crippen molar-refractivity contribution in [3.63, 3.8) is 0 Å². The van der Waals surface area contributed by atoms with E-state index in [4.69, 9.17) is 11.6 Å². The normalized spacial score (nSPS) is 18.4. The number of amides is 2. The second-order valence-corrected chi connectivity index (χ2v) is 10.4. The summed E-state index contributed by atoms with van der Waals surface area (Å²) in [6.07, 6.45) is 4.39. The second kappa shape index (κ2) is 10.8. The Morgan fingerprint density at radius 3 is 2.69 bits per heavy atom. The second-order valence-electron chi connectivity index (χ2n) is 10.0. The number of nitrogens with zero attached hydrogens (tertiary/aromatic N) is 7. The standard InChI is InChI=1S/C27H22ClF3N8O3/c1-12-17(6-33-27(35-12)38-9-13-4-16(13)26(38)42)21(11-40)39-10-14(5-34-39)36-25(41)20-8-32-7-19(37-20)22-15(24(30)31)2-3-18(28)23(22)29/h2-3,5-8,10,13,16,21,24,40H,4,9,11H2,1H3,(H,36,41)/t13-,16-,21+/m0/s1. The fraction of sp³-hybridized carbons (Fsp3) is 0.296. The van der Waals surface area contributed by atoms with E-state index in [0.717, 1.165) is 30.9 Å². The number of alkyl halides is 2. The van der Waals surface area contributed by atoms with Crippen LogP contribution in [0.4, 0.5) is 24.8 Å². The summed E-state index contributed by atoms with van der Waals surface area (Å²) in [5, 5.41) is 16.6. The fourth-order valence-corrected chi connectivity index (χ4v) is 5.23. The molecule has 42 heavy (non-hydrogen) atoms. The van der Waals surface area contributed by atoms with E-state index in [1.807, 2.05) is 0 Å². The lowest BCUT2D eigenvalue weighted by Crippen LogP contribution is -2.30. The number of rotatable bonds is 8. The van der Waals surface area contributed by atoms with E-state index in [-0.39, 0.29) is 40.5 Å². The Morgan fingerprint density at radius 1 is 1.19 bits per heavy atom. The van der Waals surface area contributed by atoms with Gasteiger partial charge in [0.1, 0.15) is 11.7 Å². The van der Waals surface area contributed by atoms with E-state index in [1.165, 1.54) is 17.1 Å². The molecule has 3 aromatic heterocycles. The van der Waals surface area contributed by atoms with Crippen molar-refractivity contribution >= 4 is 35.1 Å². The summed E-state index contributed by atoms with van der Waals surface area (Å²) in [5.74, 6) is -1.08. The van der Waals surface area contributed by atoms with Gasteiger partial charge in [0.2, 0.25) is 11.9 Å². The summed E-state index contributed by atoms with van der Waals surface area (Å²) in [6, 6.07) is 1.30. The van der Waals surface area contributed by atoms with Crippen LogP contribution >= 0.6 is 11.6 Å². The van der Waals surface area contributed by atoms with E-state index in [0.29, 0.717) is 29.7 Å². The quantitative estimate of drug-likeness (QED) is 0.310. The first-order valence-electron chi connectivity index (χ1n) is 12.9. The number of benzene rings is 1. The number of fused-ring (bicyclic) bond motifs is 1. The Hall–Kier alpha value is -4.43. The molecule has 4 heterocycles. The van der Waals surface area contributed by atoms with Crippen LogP contribution in [0.5, 0.6) is 0 Å². The van der Waals surface area contributed by atoms with Crippen LogP contribution in [0, 0.1) is 24.6 Å². The van der Waals surface area contributed by atoms with Crippen LogP contribution in [-0.2, 0) is 4.79 Å². The Bertz CT molecular complexity index is 1720. The number of hydrogen-bond donors (Lipinski definition) is 2. The van der Waals surface area contributed by atoms with E-state index in [1.54, 1.807) is 18.0 Å². The predicted molar refractivity (Wildman–Crippen MR) is 144 cm³/mol. The molecule has 1 aromatic carbocycles. The third kappa shape index (κ3) is 4.96. The van der Waals surface area contributed by atoms with Crippen molar-refractivity contribution in [2.24, 2.45) is 11.8 Å². The first kappa shape index (κ1) is 27.7. The molecule has 6 rings (SSSR count). The van der Waals surface area contributed by atoms with Gasteiger partial charge in [0.05, 0.1) is 41.6 Å². The zero-order valence-corrected chi connectivity index (χ0v) is 22.6. The maximum Gasteiger partial charge on any atom is 0.275 e. The zero-order valence-electron chi connectivity index (χ0n) is 21.9. The Kier molecular flexibility index (Phi) is 7.10. The highest BCUT2D eigenvalue weighted by atomic mass is 35.5. The number of aryl methyl sites for hydroxylation is 1. The number of aliphatic hydroxyl groups excluding tert-OH is 1. The molecule has 2 aliphatic rings. The number of aliphatic hydroxyl groups is 1. The topological polar surface area (TPSA) is 139 Å². The van der Waals surface area contributed by atoms with Crippen molar-refractivity contribution in [1.29, 1.82) is 0 Å². The van der Waals surface area contributed by atoms with Gasteiger partial charge in [-0.1, -0.05) is 17.7 Å². The van der Waals surface area contributed by atoms with Crippen molar-refractivity contribution in [2.45, 2.75) is 25.8 Å². The molecule has 1 aliphatic carbocycles. The molecule has 0 unspecified atom stereocenters. The lowest BCUT2D eigenvalue weighted by Gasteiger charge is -2.20. The Balaban J connectivity index is 1.20. The van der Waals surface area contributed by atoms with Crippen LogP contribution < -0.4 is 10.2 Å². The molecule has 2 amide bonds. The molecule has 0 radical (unpaired) electrons.